The Hall–Kier alpha value is -2.02. The number of aromatic nitrogens is 3. The van der Waals surface area contributed by atoms with E-state index < -0.39 is 0 Å². The van der Waals surface area contributed by atoms with Gasteiger partial charge in [-0.3, -0.25) is 4.79 Å². The van der Waals surface area contributed by atoms with Gasteiger partial charge in [0, 0.05) is 43.6 Å². The van der Waals surface area contributed by atoms with E-state index >= 15 is 0 Å². The van der Waals surface area contributed by atoms with Gasteiger partial charge in [-0.1, -0.05) is 0 Å². The molecule has 1 saturated heterocycles. The Morgan fingerprint density at radius 3 is 2.90 bits per heavy atom. The van der Waals surface area contributed by atoms with Crippen molar-refractivity contribution in [2.75, 3.05) is 18.4 Å². The minimum atomic E-state index is 0.119. The van der Waals surface area contributed by atoms with E-state index in [0.29, 0.717) is 5.92 Å². The first kappa shape index (κ1) is 13.0. The number of carbonyl (C=O) groups is 1. The van der Waals surface area contributed by atoms with Gasteiger partial charge in [0.15, 0.2) is 5.13 Å². The highest BCUT2D eigenvalue weighted by Gasteiger charge is 2.31. The summed E-state index contributed by atoms with van der Waals surface area (Å²) in [5.74, 6) is 1.90. The van der Waals surface area contributed by atoms with Gasteiger partial charge >= 0.3 is 0 Å². The Kier molecular flexibility index (Phi) is 3.35. The van der Waals surface area contributed by atoms with Crippen LogP contribution in [0.1, 0.15) is 24.4 Å². The zero-order valence-corrected chi connectivity index (χ0v) is 12.1. The average Bonchev–Trinajstić information content (AvgIpc) is 2.78. The van der Waals surface area contributed by atoms with E-state index in [1.165, 1.54) is 11.3 Å². The van der Waals surface area contributed by atoms with Crippen LogP contribution in [0.3, 0.4) is 0 Å². The molecule has 20 heavy (non-hydrogen) atoms. The number of amides is 1. The van der Waals surface area contributed by atoms with E-state index in [0.717, 1.165) is 35.6 Å². The molecule has 0 spiro atoms. The van der Waals surface area contributed by atoms with Crippen molar-refractivity contribution in [3.63, 3.8) is 0 Å². The molecule has 1 aliphatic rings. The summed E-state index contributed by atoms with van der Waals surface area (Å²) in [6.45, 7) is 4.94. The highest BCUT2D eigenvalue weighted by molar-refractivity contribution is 7.13. The molecule has 2 aromatic rings. The van der Waals surface area contributed by atoms with E-state index in [4.69, 9.17) is 0 Å². The van der Waals surface area contributed by atoms with Crippen molar-refractivity contribution in [3.8, 4) is 0 Å². The van der Waals surface area contributed by atoms with Gasteiger partial charge < -0.3 is 10.2 Å². The molecule has 0 unspecified atom stereocenters. The molecule has 7 heteroatoms. The molecule has 1 aliphatic heterocycles. The quantitative estimate of drug-likeness (QED) is 0.935. The molecule has 0 aliphatic carbocycles. The van der Waals surface area contributed by atoms with Crippen molar-refractivity contribution < 1.29 is 4.79 Å². The summed E-state index contributed by atoms with van der Waals surface area (Å²) in [4.78, 5) is 26.1. The highest BCUT2D eigenvalue weighted by Crippen LogP contribution is 2.27. The van der Waals surface area contributed by atoms with Crippen molar-refractivity contribution in [3.05, 3.63) is 29.2 Å². The van der Waals surface area contributed by atoms with Crippen LogP contribution in [-0.4, -0.2) is 38.8 Å². The Labute approximate surface area is 120 Å². The smallest absolute Gasteiger partial charge is 0.219 e. The molecule has 6 nitrogen and oxygen atoms in total. The number of thiazole rings is 1. The van der Waals surface area contributed by atoms with Crippen LogP contribution in [0.15, 0.2) is 17.6 Å². The standard InChI is InChI=1S/C13H15N5OS/c1-8-15-11(10-6-18(7-10)9(2)19)5-12(16-8)17-13-14-3-4-20-13/h3-5,10H,6-7H2,1-2H3,(H,14,15,16,17). The van der Waals surface area contributed by atoms with Gasteiger partial charge in [0.25, 0.3) is 0 Å². The second-order valence-electron chi connectivity index (χ2n) is 4.81. The van der Waals surface area contributed by atoms with Gasteiger partial charge in [0.1, 0.15) is 11.6 Å². The predicted molar refractivity (Wildman–Crippen MR) is 77.2 cm³/mol. The molecule has 104 valence electrons. The fraction of sp³-hybridized carbons (Fsp3) is 0.385. The summed E-state index contributed by atoms with van der Waals surface area (Å²) in [5, 5.41) is 5.90. The van der Waals surface area contributed by atoms with E-state index in [1.807, 2.05) is 23.3 Å². The summed E-state index contributed by atoms with van der Waals surface area (Å²) in [6, 6.07) is 1.94. The summed E-state index contributed by atoms with van der Waals surface area (Å²) in [5.41, 5.74) is 0.981. The summed E-state index contributed by atoms with van der Waals surface area (Å²) < 4.78 is 0. The second kappa shape index (κ2) is 5.16. The van der Waals surface area contributed by atoms with E-state index in [-0.39, 0.29) is 5.91 Å². The second-order valence-corrected chi connectivity index (χ2v) is 5.70. The zero-order valence-electron chi connectivity index (χ0n) is 11.3. The van der Waals surface area contributed by atoms with Gasteiger partial charge in [-0.05, 0) is 6.92 Å². The van der Waals surface area contributed by atoms with Gasteiger partial charge in [0.05, 0.1) is 5.69 Å². The third-order valence-corrected chi connectivity index (χ3v) is 3.96. The molecule has 0 saturated carbocycles. The molecule has 2 aromatic heterocycles. The van der Waals surface area contributed by atoms with Crippen molar-refractivity contribution in [2.45, 2.75) is 19.8 Å². The molecule has 0 radical (unpaired) electrons. The molecular weight excluding hydrogens is 274 g/mol. The van der Waals surface area contributed by atoms with Crippen molar-refractivity contribution in [2.24, 2.45) is 0 Å². The number of anilines is 2. The molecular formula is C13H15N5OS. The number of hydrogen-bond donors (Lipinski definition) is 1. The van der Waals surface area contributed by atoms with Crippen molar-refractivity contribution in [1.82, 2.24) is 19.9 Å². The van der Waals surface area contributed by atoms with Crippen molar-refractivity contribution >= 4 is 28.2 Å². The Balaban J connectivity index is 1.76. The molecule has 3 heterocycles. The molecule has 3 rings (SSSR count). The minimum Gasteiger partial charge on any atom is -0.341 e. The normalized spacial score (nSPS) is 15.0. The van der Waals surface area contributed by atoms with Gasteiger partial charge in [0.2, 0.25) is 5.91 Å². The van der Waals surface area contributed by atoms with Gasteiger partial charge in [-0.15, -0.1) is 11.3 Å². The number of nitrogens with one attached hydrogen (secondary N) is 1. The number of rotatable bonds is 3. The van der Waals surface area contributed by atoms with Crippen LogP contribution in [0.25, 0.3) is 0 Å². The third-order valence-electron chi connectivity index (χ3n) is 3.27. The maximum atomic E-state index is 11.2. The zero-order chi connectivity index (χ0) is 14.1. The summed E-state index contributed by atoms with van der Waals surface area (Å²) in [7, 11) is 0. The van der Waals surface area contributed by atoms with Crippen LogP contribution in [0.4, 0.5) is 10.9 Å². The largest absolute Gasteiger partial charge is 0.341 e. The van der Waals surface area contributed by atoms with Crippen LogP contribution in [0, 0.1) is 6.92 Å². The van der Waals surface area contributed by atoms with Gasteiger partial charge in [-0.25, -0.2) is 15.0 Å². The van der Waals surface area contributed by atoms with Crippen molar-refractivity contribution in [1.29, 1.82) is 0 Å². The Morgan fingerprint density at radius 2 is 2.25 bits per heavy atom. The fourth-order valence-corrected chi connectivity index (χ4v) is 2.72. The maximum absolute atomic E-state index is 11.2. The first-order valence-corrected chi connectivity index (χ1v) is 7.27. The first-order chi connectivity index (χ1) is 9.61. The van der Waals surface area contributed by atoms with Crippen LogP contribution in [-0.2, 0) is 4.79 Å². The predicted octanol–water partition coefficient (Wildman–Crippen LogP) is 1.93. The number of hydrogen-bond acceptors (Lipinski definition) is 6. The lowest BCUT2D eigenvalue weighted by atomic mass is 9.96. The SMILES string of the molecule is CC(=O)N1CC(c2cc(Nc3nccs3)nc(C)n2)C1. The first-order valence-electron chi connectivity index (χ1n) is 6.39. The molecule has 0 atom stereocenters. The summed E-state index contributed by atoms with van der Waals surface area (Å²) >= 11 is 1.53. The minimum absolute atomic E-state index is 0.119. The van der Waals surface area contributed by atoms with E-state index in [9.17, 15) is 4.79 Å². The van der Waals surface area contributed by atoms with Crippen LogP contribution >= 0.6 is 11.3 Å². The number of carbonyl (C=O) groups excluding carboxylic acids is 1. The molecule has 1 fully saturated rings. The summed E-state index contributed by atoms with van der Waals surface area (Å²) in [6.07, 6.45) is 1.75. The van der Waals surface area contributed by atoms with Crippen LogP contribution in [0.5, 0.6) is 0 Å². The third kappa shape index (κ3) is 2.62. The van der Waals surface area contributed by atoms with Crippen LogP contribution < -0.4 is 5.32 Å². The number of nitrogens with zero attached hydrogens (tertiary/aromatic N) is 4. The Morgan fingerprint density at radius 1 is 1.45 bits per heavy atom. The monoisotopic (exact) mass is 289 g/mol. The highest BCUT2D eigenvalue weighted by atomic mass is 32.1. The van der Waals surface area contributed by atoms with Gasteiger partial charge in [-0.2, -0.15) is 0 Å². The molecule has 1 amide bonds. The maximum Gasteiger partial charge on any atom is 0.219 e. The lowest BCUT2D eigenvalue weighted by molar-refractivity contribution is -0.133. The van der Waals surface area contributed by atoms with Crippen LogP contribution in [0.2, 0.25) is 0 Å². The van der Waals surface area contributed by atoms with E-state index in [2.05, 4.69) is 20.3 Å². The van der Waals surface area contributed by atoms with E-state index in [1.54, 1.807) is 13.1 Å². The number of aryl methyl sites for hydroxylation is 1. The average molecular weight is 289 g/mol. The Bertz CT molecular complexity index is 622. The molecule has 0 aromatic carbocycles. The topological polar surface area (TPSA) is 71.0 Å². The lowest BCUT2D eigenvalue weighted by Gasteiger charge is -2.38. The lowest BCUT2D eigenvalue weighted by Crippen LogP contribution is -2.47. The molecule has 0 bridgehead atoms. The molecule has 1 N–H and O–H groups in total. The number of likely N-dealkylation sites (tertiary alicyclic amines) is 1. The fourth-order valence-electron chi connectivity index (χ4n) is 2.18.